The number of methoxy groups -OCH3 is 2. The van der Waals surface area contributed by atoms with Gasteiger partial charge in [0.2, 0.25) is 0 Å². The van der Waals surface area contributed by atoms with Crippen LogP contribution in [0.15, 0.2) is 18.2 Å². The number of hydrogen-bond acceptors (Lipinski definition) is 4. The molecular weight excluding hydrogens is 270 g/mol. The molecular formula is C13H18ClNO4. The lowest BCUT2D eigenvalue weighted by molar-refractivity contribution is 0.139. The van der Waals surface area contributed by atoms with E-state index in [0.29, 0.717) is 24.5 Å². The quantitative estimate of drug-likeness (QED) is 0.817. The normalized spacial score (nSPS) is 11.6. The van der Waals surface area contributed by atoms with Gasteiger partial charge in [-0.15, -0.1) is 0 Å². The number of ether oxygens (including phenoxy) is 3. The number of amides is 1. The number of alkyl carbamates (subject to hydrolysis) is 1. The van der Waals surface area contributed by atoms with Gasteiger partial charge in [-0.1, -0.05) is 17.7 Å². The Morgan fingerprint density at radius 3 is 2.58 bits per heavy atom. The first-order valence-electron chi connectivity index (χ1n) is 5.86. The minimum Gasteiger partial charge on any atom is -0.493 e. The number of alkyl halides is 1. The Balaban J connectivity index is 2.47. The highest BCUT2D eigenvalue weighted by atomic mass is 35.5. The van der Waals surface area contributed by atoms with Crippen LogP contribution in [0, 0.1) is 0 Å². The van der Waals surface area contributed by atoms with Crippen molar-refractivity contribution in [2.75, 3.05) is 20.8 Å². The first-order chi connectivity index (χ1) is 9.06. The fourth-order valence-corrected chi connectivity index (χ4v) is 1.62. The van der Waals surface area contributed by atoms with Gasteiger partial charge in [-0.25, -0.2) is 4.79 Å². The predicted molar refractivity (Wildman–Crippen MR) is 73.0 cm³/mol. The van der Waals surface area contributed by atoms with Crippen molar-refractivity contribution < 1.29 is 19.0 Å². The Hall–Kier alpha value is -1.62. The van der Waals surface area contributed by atoms with E-state index in [-0.39, 0.29) is 0 Å². The molecule has 6 heteroatoms. The van der Waals surface area contributed by atoms with Crippen molar-refractivity contribution in [1.29, 1.82) is 0 Å². The van der Waals surface area contributed by atoms with E-state index in [1.165, 1.54) is 0 Å². The molecule has 0 aliphatic rings. The Morgan fingerprint density at radius 2 is 2.00 bits per heavy atom. The van der Waals surface area contributed by atoms with Crippen molar-refractivity contribution >= 4 is 17.7 Å². The number of nitrogens with one attached hydrogen (secondary N) is 1. The van der Waals surface area contributed by atoms with E-state index in [1.54, 1.807) is 21.1 Å². The molecule has 5 nitrogen and oxygen atoms in total. The number of halogens is 1. The molecule has 0 saturated carbocycles. The van der Waals surface area contributed by atoms with E-state index in [0.717, 1.165) is 5.56 Å². The van der Waals surface area contributed by atoms with Crippen molar-refractivity contribution in [3.63, 3.8) is 0 Å². The molecule has 1 rings (SSSR count). The summed E-state index contributed by atoms with van der Waals surface area (Å²) in [5.41, 5.74) is 0.387. The smallest absolute Gasteiger partial charge is 0.408 e. The molecule has 1 N–H and O–H groups in total. The fourth-order valence-electron chi connectivity index (χ4n) is 1.53. The van der Waals surface area contributed by atoms with Crippen molar-refractivity contribution in [3.8, 4) is 11.5 Å². The van der Waals surface area contributed by atoms with Crippen LogP contribution in [0.3, 0.4) is 0 Å². The minimum atomic E-state index is -0.638. The molecule has 106 valence electrons. The van der Waals surface area contributed by atoms with Gasteiger partial charge in [-0.3, -0.25) is 0 Å². The summed E-state index contributed by atoms with van der Waals surface area (Å²) in [6, 6.07) is 5.61. The zero-order valence-corrected chi connectivity index (χ0v) is 12.0. The molecule has 0 heterocycles. The molecule has 0 aliphatic heterocycles. The zero-order valence-electron chi connectivity index (χ0n) is 11.2. The van der Waals surface area contributed by atoms with Gasteiger partial charge in [0.05, 0.1) is 14.2 Å². The van der Waals surface area contributed by atoms with Crippen LogP contribution in [0.5, 0.6) is 11.5 Å². The molecule has 1 atom stereocenters. The number of rotatable bonds is 6. The van der Waals surface area contributed by atoms with Crippen LogP contribution in [0.4, 0.5) is 4.79 Å². The molecule has 0 fully saturated rings. The highest BCUT2D eigenvalue weighted by Crippen LogP contribution is 2.27. The van der Waals surface area contributed by atoms with E-state index in [1.807, 2.05) is 18.2 Å². The van der Waals surface area contributed by atoms with E-state index >= 15 is 0 Å². The van der Waals surface area contributed by atoms with Crippen LogP contribution in [-0.4, -0.2) is 32.4 Å². The molecule has 0 bridgehead atoms. The lowest BCUT2D eigenvalue weighted by Crippen LogP contribution is -2.28. The Morgan fingerprint density at radius 1 is 1.32 bits per heavy atom. The van der Waals surface area contributed by atoms with Gasteiger partial charge >= 0.3 is 6.09 Å². The van der Waals surface area contributed by atoms with Gasteiger partial charge in [0.1, 0.15) is 0 Å². The topological polar surface area (TPSA) is 56.8 Å². The zero-order chi connectivity index (χ0) is 14.3. The first kappa shape index (κ1) is 15.4. The molecule has 0 aromatic heterocycles. The lowest BCUT2D eigenvalue weighted by Gasteiger charge is -2.10. The van der Waals surface area contributed by atoms with Gasteiger partial charge in [-0.05, 0) is 31.0 Å². The molecule has 1 aromatic carbocycles. The predicted octanol–water partition coefficient (Wildman–Crippen LogP) is 2.56. The van der Waals surface area contributed by atoms with Crippen molar-refractivity contribution in [3.05, 3.63) is 23.8 Å². The van der Waals surface area contributed by atoms with E-state index in [2.05, 4.69) is 5.32 Å². The average molecular weight is 288 g/mol. The van der Waals surface area contributed by atoms with Crippen LogP contribution in [-0.2, 0) is 11.2 Å². The molecule has 1 aromatic rings. The summed E-state index contributed by atoms with van der Waals surface area (Å²) >= 11 is 5.53. The molecule has 1 amide bonds. The monoisotopic (exact) mass is 287 g/mol. The summed E-state index contributed by atoms with van der Waals surface area (Å²) in [6.45, 7) is 2.04. The number of carbonyl (C=O) groups excluding carboxylic acids is 1. The van der Waals surface area contributed by atoms with E-state index in [9.17, 15) is 4.79 Å². The minimum absolute atomic E-state index is 0.456. The fraction of sp³-hybridized carbons (Fsp3) is 0.462. The molecule has 1 unspecified atom stereocenters. The summed E-state index contributed by atoms with van der Waals surface area (Å²) in [5.74, 6) is 1.34. The number of hydrogen-bond donors (Lipinski definition) is 1. The third kappa shape index (κ3) is 5.26. The second-order valence-corrected chi connectivity index (χ2v) is 4.43. The maximum Gasteiger partial charge on any atom is 0.408 e. The summed E-state index contributed by atoms with van der Waals surface area (Å²) < 4.78 is 15.1. The van der Waals surface area contributed by atoms with Crippen molar-refractivity contribution in [1.82, 2.24) is 5.32 Å². The van der Waals surface area contributed by atoms with Gasteiger partial charge in [0.15, 0.2) is 17.1 Å². The lowest BCUT2D eigenvalue weighted by atomic mass is 10.1. The van der Waals surface area contributed by atoms with Crippen LogP contribution in [0.25, 0.3) is 0 Å². The molecule has 0 radical (unpaired) electrons. The highest BCUT2D eigenvalue weighted by molar-refractivity contribution is 6.19. The van der Waals surface area contributed by atoms with Gasteiger partial charge in [0, 0.05) is 6.54 Å². The third-order valence-corrected chi connectivity index (χ3v) is 2.49. The van der Waals surface area contributed by atoms with Crippen LogP contribution in [0.2, 0.25) is 0 Å². The molecule has 0 aliphatic carbocycles. The average Bonchev–Trinajstić information content (AvgIpc) is 2.37. The maximum atomic E-state index is 11.2. The molecule has 19 heavy (non-hydrogen) atoms. The van der Waals surface area contributed by atoms with E-state index < -0.39 is 11.7 Å². The maximum absolute atomic E-state index is 11.2. The SMILES string of the molecule is COc1ccc(CCNC(=O)OC(C)Cl)cc1OC. The summed E-state index contributed by atoms with van der Waals surface area (Å²) in [7, 11) is 3.17. The van der Waals surface area contributed by atoms with Gasteiger partial charge in [0.25, 0.3) is 0 Å². The summed E-state index contributed by atoms with van der Waals surface area (Å²) in [5, 5.41) is 2.61. The second-order valence-electron chi connectivity index (χ2n) is 3.81. The highest BCUT2D eigenvalue weighted by Gasteiger charge is 2.07. The Labute approximate surface area is 117 Å². The standard InChI is InChI=1S/C13H18ClNO4/c1-9(14)19-13(16)15-7-6-10-4-5-11(17-2)12(8-10)18-3/h4-5,8-9H,6-7H2,1-3H3,(H,15,16). The van der Waals surface area contributed by atoms with Crippen LogP contribution >= 0.6 is 11.6 Å². The van der Waals surface area contributed by atoms with Crippen LogP contribution < -0.4 is 14.8 Å². The number of benzene rings is 1. The first-order valence-corrected chi connectivity index (χ1v) is 6.30. The molecule has 0 spiro atoms. The van der Waals surface area contributed by atoms with Crippen LogP contribution in [0.1, 0.15) is 12.5 Å². The second kappa shape index (κ2) is 7.74. The van der Waals surface area contributed by atoms with E-state index in [4.69, 9.17) is 25.8 Å². The molecule has 0 saturated heterocycles. The van der Waals surface area contributed by atoms with Gasteiger partial charge in [-0.2, -0.15) is 0 Å². The third-order valence-electron chi connectivity index (χ3n) is 2.40. The van der Waals surface area contributed by atoms with Crippen molar-refractivity contribution in [2.24, 2.45) is 0 Å². The Bertz CT molecular complexity index is 423. The summed E-state index contributed by atoms with van der Waals surface area (Å²) in [6.07, 6.45) is 0.134. The largest absolute Gasteiger partial charge is 0.493 e. The number of carbonyl (C=O) groups is 1. The van der Waals surface area contributed by atoms with Gasteiger partial charge < -0.3 is 19.5 Å². The summed E-state index contributed by atoms with van der Waals surface area (Å²) in [4.78, 5) is 11.2. The Kier molecular flexibility index (Phi) is 6.29. The van der Waals surface area contributed by atoms with Crippen molar-refractivity contribution in [2.45, 2.75) is 18.9 Å².